The van der Waals surface area contributed by atoms with Crippen LogP contribution in [0, 0.1) is 5.92 Å². The molecule has 8 heavy (non-hydrogen) atoms. The average molecular weight is 117 g/mol. The molecule has 3 N–H and O–H groups in total. The van der Waals surface area contributed by atoms with Gasteiger partial charge in [0.05, 0.1) is 0 Å². The molecule has 0 spiro atoms. The molecule has 2 nitrogen and oxygen atoms in total. The Bertz CT molecular complexity index is 65.4. The van der Waals surface area contributed by atoms with Gasteiger partial charge < -0.3 is 10.8 Å². The standard InChI is InChI=1S/C6H15NO/c1-4-5(2)6(3,7)8/h5,8H,4,7H2,1-3H3/t5-,6?/m0/s1. The summed E-state index contributed by atoms with van der Waals surface area (Å²) in [6, 6.07) is 0. The fraction of sp³-hybridized carbons (Fsp3) is 1.00. The minimum absolute atomic E-state index is 0.183. The number of hydrogen-bond acceptors (Lipinski definition) is 2. The minimum atomic E-state index is -0.991. The largest absolute Gasteiger partial charge is 0.376 e. The van der Waals surface area contributed by atoms with E-state index in [1.807, 2.05) is 13.8 Å². The highest BCUT2D eigenvalue weighted by atomic mass is 16.3. The van der Waals surface area contributed by atoms with E-state index in [0.717, 1.165) is 6.42 Å². The normalized spacial score (nSPS) is 22.1. The van der Waals surface area contributed by atoms with Crippen LogP contribution in [0.25, 0.3) is 0 Å². The Labute approximate surface area is 50.7 Å². The average Bonchev–Trinajstić information content (AvgIpc) is 1.62. The number of aliphatic hydroxyl groups is 1. The van der Waals surface area contributed by atoms with Crippen LogP contribution in [0.15, 0.2) is 0 Å². The van der Waals surface area contributed by atoms with Gasteiger partial charge in [-0.05, 0) is 19.3 Å². The lowest BCUT2D eigenvalue weighted by atomic mass is 9.98. The number of hydrogen-bond donors (Lipinski definition) is 2. The van der Waals surface area contributed by atoms with Crippen molar-refractivity contribution in [1.82, 2.24) is 0 Å². The number of nitrogens with two attached hydrogens (primary N) is 1. The molecule has 0 fully saturated rings. The van der Waals surface area contributed by atoms with Crippen molar-refractivity contribution in [3.05, 3.63) is 0 Å². The molecule has 0 saturated carbocycles. The molecule has 0 aromatic heterocycles. The summed E-state index contributed by atoms with van der Waals surface area (Å²) in [5.41, 5.74) is 4.35. The van der Waals surface area contributed by atoms with E-state index >= 15 is 0 Å². The quantitative estimate of drug-likeness (QED) is 0.523. The highest BCUT2D eigenvalue weighted by Crippen LogP contribution is 2.12. The highest BCUT2D eigenvalue weighted by Gasteiger charge is 2.20. The summed E-state index contributed by atoms with van der Waals surface area (Å²) >= 11 is 0. The van der Waals surface area contributed by atoms with E-state index in [0.29, 0.717) is 0 Å². The van der Waals surface area contributed by atoms with Gasteiger partial charge in [-0.1, -0.05) is 13.8 Å². The van der Waals surface area contributed by atoms with Crippen LogP contribution in [-0.4, -0.2) is 10.8 Å². The van der Waals surface area contributed by atoms with Gasteiger partial charge in [0.25, 0.3) is 0 Å². The minimum Gasteiger partial charge on any atom is -0.376 e. The molecule has 0 aromatic carbocycles. The van der Waals surface area contributed by atoms with Crippen molar-refractivity contribution in [3.63, 3.8) is 0 Å². The summed E-state index contributed by atoms with van der Waals surface area (Å²) in [5.74, 6) is 0.183. The molecule has 0 aliphatic rings. The second-order valence-corrected chi connectivity index (χ2v) is 2.54. The number of rotatable bonds is 2. The first-order chi connectivity index (χ1) is 3.48. The SMILES string of the molecule is CC[C@H](C)C(C)(N)O. The summed E-state index contributed by atoms with van der Waals surface area (Å²) in [6.45, 7) is 5.56. The van der Waals surface area contributed by atoms with Gasteiger partial charge in [0.15, 0.2) is 0 Å². The molecule has 0 amide bonds. The molecule has 0 heterocycles. The van der Waals surface area contributed by atoms with Gasteiger partial charge in [-0.2, -0.15) is 0 Å². The smallest absolute Gasteiger partial charge is 0.113 e. The maximum atomic E-state index is 9.06. The first-order valence-corrected chi connectivity index (χ1v) is 2.99. The summed E-state index contributed by atoms with van der Waals surface area (Å²) in [6.07, 6.45) is 0.920. The molecule has 0 rings (SSSR count). The van der Waals surface area contributed by atoms with Gasteiger partial charge in [0.2, 0.25) is 0 Å². The molecule has 50 valence electrons. The molecule has 0 saturated heterocycles. The van der Waals surface area contributed by atoms with Crippen LogP contribution in [0.5, 0.6) is 0 Å². The lowest BCUT2D eigenvalue weighted by molar-refractivity contribution is 0.0111. The van der Waals surface area contributed by atoms with Crippen molar-refractivity contribution < 1.29 is 5.11 Å². The molecule has 0 radical (unpaired) electrons. The van der Waals surface area contributed by atoms with Crippen molar-refractivity contribution in [2.24, 2.45) is 11.7 Å². The first kappa shape index (κ1) is 7.92. The van der Waals surface area contributed by atoms with Crippen LogP contribution in [0.1, 0.15) is 27.2 Å². The van der Waals surface area contributed by atoms with E-state index in [1.54, 1.807) is 6.92 Å². The van der Waals surface area contributed by atoms with Crippen molar-refractivity contribution in [3.8, 4) is 0 Å². The molecule has 2 heteroatoms. The summed E-state index contributed by atoms with van der Waals surface area (Å²) in [7, 11) is 0. The highest BCUT2D eigenvalue weighted by molar-refractivity contribution is 4.69. The third-order valence-corrected chi connectivity index (χ3v) is 1.61. The van der Waals surface area contributed by atoms with Gasteiger partial charge in [-0.25, -0.2) is 0 Å². The third-order valence-electron chi connectivity index (χ3n) is 1.61. The third kappa shape index (κ3) is 2.28. The monoisotopic (exact) mass is 117 g/mol. The Morgan fingerprint density at radius 1 is 1.75 bits per heavy atom. The molecule has 0 aromatic rings. The van der Waals surface area contributed by atoms with E-state index in [1.165, 1.54) is 0 Å². The molecule has 0 bridgehead atoms. The van der Waals surface area contributed by atoms with Crippen molar-refractivity contribution in [2.75, 3.05) is 0 Å². The van der Waals surface area contributed by atoms with Crippen LogP contribution >= 0.6 is 0 Å². The van der Waals surface area contributed by atoms with Gasteiger partial charge in [0.1, 0.15) is 5.72 Å². The van der Waals surface area contributed by atoms with Gasteiger partial charge in [0, 0.05) is 0 Å². The fourth-order valence-electron chi connectivity index (χ4n) is 0.413. The second kappa shape index (κ2) is 2.46. The molecular weight excluding hydrogens is 102 g/mol. The Balaban J connectivity index is 3.62. The molecule has 0 aliphatic carbocycles. The summed E-state index contributed by atoms with van der Waals surface area (Å²) < 4.78 is 0. The van der Waals surface area contributed by atoms with E-state index in [9.17, 15) is 0 Å². The van der Waals surface area contributed by atoms with Crippen molar-refractivity contribution in [1.29, 1.82) is 0 Å². The maximum absolute atomic E-state index is 9.06. The zero-order chi connectivity index (χ0) is 6.78. The second-order valence-electron chi connectivity index (χ2n) is 2.54. The van der Waals surface area contributed by atoms with E-state index in [2.05, 4.69) is 0 Å². The first-order valence-electron chi connectivity index (χ1n) is 2.99. The Hall–Kier alpha value is -0.0800. The Kier molecular flexibility index (Phi) is 2.44. The zero-order valence-electron chi connectivity index (χ0n) is 5.81. The molecule has 1 unspecified atom stereocenters. The van der Waals surface area contributed by atoms with E-state index in [4.69, 9.17) is 10.8 Å². The Morgan fingerprint density at radius 2 is 2.12 bits per heavy atom. The van der Waals surface area contributed by atoms with Crippen LogP contribution in [0.3, 0.4) is 0 Å². The van der Waals surface area contributed by atoms with Gasteiger partial charge in [-0.15, -0.1) is 0 Å². The predicted molar refractivity (Wildman–Crippen MR) is 34.3 cm³/mol. The fourth-order valence-corrected chi connectivity index (χ4v) is 0.413. The van der Waals surface area contributed by atoms with E-state index in [-0.39, 0.29) is 5.92 Å². The lowest BCUT2D eigenvalue weighted by Crippen LogP contribution is -2.42. The van der Waals surface area contributed by atoms with Crippen LogP contribution in [0.4, 0.5) is 0 Å². The predicted octanol–water partition coefficient (Wildman–Crippen LogP) is 0.700. The molecule has 2 atom stereocenters. The Morgan fingerprint density at radius 3 is 2.12 bits per heavy atom. The van der Waals surface area contributed by atoms with Crippen molar-refractivity contribution >= 4 is 0 Å². The van der Waals surface area contributed by atoms with Crippen molar-refractivity contribution in [2.45, 2.75) is 32.9 Å². The van der Waals surface area contributed by atoms with E-state index < -0.39 is 5.72 Å². The zero-order valence-corrected chi connectivity index (χ0v) is 5.81. The van der Waals surface area contributed by atoms with Gasteiger partial charge >= 0.3 is 0 Å². The molecular formula is C6H15NO. The summed E-state index contributed by atoms with van der Waals surface area (Å²) in [5, 5.41) is 9.06. The summed E-state index contributed by atoms with van der Waals surface area (Å²) in [4.78, 5) is 0. The van der Waals surface area contributed by atoms with Gasteiger partial charge in [-0.3, -0.25) is 0 Å². The van der Waals surface area contributed by atoms with Crippen LogP contribution in [0.2, 0.25) is 0 Å². The van der Waals surface area contributed by atoms with Crippen LogP contribution in [-0.2, 0) is 0 Å². The maximum Gasteiger partial charge on any atom is 0.113 e. The topological polar surface area (TPSA) is 46.2 Å². The lowest BCUT2D eigenvalue weighted by Gasteiger charge is -2.23. The van der Waals surface area contributed by atoms with Crippen LogP contribution < -0.4 is 5.73 Å². The molecule has 0 aliphatic heterocycles.